The molecule has 0 radical (unpaired) electrons. The number of nitrogens with one attached hydrogen (secondary N) is 1. The lowest BCUT2D eigenvalue weighted by Gasteiger charge is -2.23. The minimum atomic E-state index is -0.425. The molecule has 1 fully saturated rings. The van der Waals surface area contributed by atoms with Gasteiger partial charge in [0.1, 0.15) is 6.79 Å². The van der Waals surface area contributed by atoms with Gasteiger partial charge in [-0.05, 0) is 28.8 Å². The average molecular weight is 243 g/mol. The molecule has 1 aromatic rings. The summed E-state index contributed by atoms with van der Waals surface area (Å²) in [5, 5.41) is 17.0. The molecule has 0 amide bonds. The van der Waals surface area contributed by atoms with Crippen LogP contribution in [0.3, 0.4) is 0 Å². The van der Waals surface area contributed by atoms with Crippen molar-refractivity contribution >= 4 is 11.3 Å². The molecule has 0 aliphatic carbocycles. The summed E-state index contributed by atoms with van der Waals surface area (Å²) in [7, 11) is 0. The van der Waals surface area contributed by atoms with E-state index >= 15 is 0 Å². The van der Waals surface area contributed by atoms with Crippen molar-refractivity contribution in [2.45, 2.75) is 18.6 Å². The number of hydrogen-bond donors (Lipinski definition) is 2. The second-order valence-electron chi connectivity index (χ2n) is 3.83. The Morgan fingerprint density at radius 3 is 3.25 bits per heavy atom. The van der Waals surface area contributed by atoms with Gasteiger partial charge in [-0.15, -0.1) is 0 Å². The highest BCUT2D eigenvalue weighted by Crippen LogP contribution is 2.15. The Labute approximate surface area is 99.2 Å². The van der Waals surface area contributed by atoms with Crippen molar-refractivity contribution in [1.29, 1.82) is 0 Å². The maximum atomic E-state index is 9.82. The molecule has 2 N–H and O–H groups in total. The third-order valence-electron chi connectivity index (χ3n) is 2.61. The monoisotopic (exact) mass is 243 g/mol. The van der Waals surface area contributed by atoms with Crippen molar-refractivity contribution in [3.63, 3.8) is 0 Å². The Hall–Kier alpha value is -0.460. The van der Waals surface area contributed by atoms with E-state index < -0.39 is 6.10 Å². The van der Waals surface area contributed by atoms with E-state index in [0.29, 0.717) is 13.3 Å². The van der Waals surface area contributed by atoms with Crippen LogP contribution in [-0.2, 0) is 9.47 Å². The first-order valence-corrected chi connectivity index (χ1v) is 6.41. The standard InChI is InChI=1S/C11H17NO3S/c13-11(9-2-4-16-7-9)6-12-5-10-1-3-14-8-15-10/h2,4,7,10-13H,1,3,5-6,8H2. The summed E-state index contributed by atoms with van der Waals surface area (Å²) in [4.78, 5) is 0. The summed E-state index contributed by atoms with van der Waals surface area (Å²) < 4.78 is 10.5. The van der Waals surface area contributed by atoms with E-state index in [0.717, 1.165) is 25.1 Å². The fraction of sp³-hybridized carbons (Fsp3) is 0.636. The van der Waals surface area contributed by atoms with E-state index in [1.807, 2.05) is 16.8 Å². The smallest absolute Gasteiger partial charge is 0.147 e. The topological polar surface area (TPSA) is 50.7 Å². The Kier molecular flexibility index (Phi) is 4.74. The molecule has 0 bridgehead atoms. The quantitative estimate of drug-likeness (QED) is 0.814. The third kappa shape index (κ3) is 3.54. The molecule has 1 aliphatic heterocycles. The summed E-state index contributed by atoms with van der Waals surface area (Å²) in [5.41, 5.74) is 0.977. The molecule has 2 rings (SSSR count). The Balaban J connectivity index is 1.63. The van der Waals surface area contributed by atoms with Gasteiger partial charge in [-0.1, -0.05) is 0 Å². The van der Waals surface area contributed by atoms with Crippen molar-refractivity contribution in [2.75, 3.05) is 26.5 Å². The van der Waals surface area contributed by atoms with Gasteiger partial charge in [0, 0.05) is 13.1 Å². The summed E-state index contributed by atoms with van der Waals surface area (Å²) >= 11 is 1.60. The lowest BCUT2D eigenvalue weighted by Crippen LogP contribution is -2.35. The molecule has 2 heterocycles. The number of aliphatic hydroxyl groups is 1. The van der Waals surface area contributed by atoms with Crippen LogP contribution in [0.1, 0.15) is 18.1 Å². The fourth-order valence-corrected chi connectivity index (χ4v) is 2.33. The maximum absolute atomic E-state index is 9.82. The highest BCUT2D eigenvalue weighted by atomic mass is 32.1. The third-order valence-corrected chi connectivity index (χ3v) is 3.31. The van der Waals surface area contributed by atoms with Gasteiger partial charge in [-0.2, -0.15) is 11.3 Å². The van der Waals surface area contributed by atoms with Crippen LogP contribution in [-0.4, -0.2) is 37.7 Å². The van der Waals surface area contributed by atoms with E-state index in [9.17, 15) is 5.11 Å². The number of ether oxygens (including phenoxy) is 2. The summed E-state index contributed by atoms with van der Waals surface area (Å²) in [6.07, 6.45) is 0.705. The van der Waals surface area contributed by atoms with E-state index in [1.165, 1.54) is 0 Å². The van der Waals surface area contributed by atoms with Gasteiger partial charge in [-0.25, -0.2) is 0 Å². The zero-order valence-corrected chi connectivity index (χ0v) is 9.91. The molecule has 0 aromatic carbocycles. The Bertz CT molecular complexity index is 285. The molecule has 5 heteroatoms. The molecule has 4 nitrogen and oxygen atoms in total. The fourth-order valence-electron chi connectivity index (χ4n) is 1.63. The van der Waals surface area contributed by atoms with Gasteiger partial charge in [-0.3, -0.25) is 0 Å². The molecule has 1 saturated heterocycles. The van der Waals surface area contributed by atoms with Crippen LogP contribution in [0.2, 0.25) is 0 Å². The van der Waals surface area contributed by atoms with Crippen molar-refractivity contribution < 1.29 is 14.6 Å². The number of hydrogen-bond acceptors (Lipinski definition) is 5. The summed E-state index contributed by atoms with van der Waals surface area (Å²) in [6.45, 7) is 2.49. The molecule has 16 heavy (non-hydrogen) atoms. The van der Waals surface area contributed by atoms with Crippen LogP contribution in [0.5, 0.6) is 0 Å². The number of aliphatic hydroxyl groups excluding tert-OH is 1. The first-order chi connectivity index (χ1) is 7.86. The van der Waals surface area contributed by atoms with Gasteiger partial charge >= 0.3 is 0 Å². The van der Waals surface area contributed by atoms with Crippen molar-refractivity contribution in [1.82, 2.24) is 5.32 Å². The van der Waals surface area contributed by atoms with Crippen LogP contribution in [0.4, 0.5) is 0 Å². The molecule has 1 aromatic heterocycles. The second kappa shape index (κ2) is 6.32. The van der Waals surface area contributed by atoms with Gasteiger partial charge in [0.25, 0.3) is 0 Å². The Morgan fingerprint density at radius 2 is 2.56 bits per heavy atom. The first kappa shape index (κ1) is 12.0. The minimum absolute atomic E-state index is 0.212. The summed E-state index contributed by atoms with van der Waals surface area (Å²) in [6, 6.07) is 1.95. The van der Waals surface area contributed by atoms with E-state index in [2.05, 4.69) is 5.32 Å². The molecule has 2 atom stereocenters. The molecule has 90 valence electrons. The lowest BCUT2D eigenvalue weighted by molar-refractivity contribution is -0.137. The molecule has 2 unspecified atom stereocenters. The second-order valence-corrected chi connectivity index (χ2v) is 4.61. The first-order valence-electron chi connectivity index (χ1n) is 5.46. The average Bonchev–Trinajstić information content (AvgIpc) is 2.84. The van der Waals surface area contributed by atoms with Gasteiger partial charge in [0.05, 0.1) is 18.8 Å². The molecule has 0 spiro atoms. The zero-order valence-electron chi connectivity index (χ0n) is 9.09. The lowest BCUT2D eigenvalue weighted by atomic mass is 10.2. The van der Waals surface area contributed by atoms with Gasteiger partial charge < -0.3 is 19.9 Å². The largest absolute Gasteiger partial charge is 0.387 e. The van der Waals surface area contributed by atoms with Crippen molar-refractivity contribution in [3.05, 3.63) is 22.4 Å². The van der Waals surface area contributed by atoms with Crippen LogP contribution in [0.25, 0.3) is 0 Å². The van der Waals surface area contributed by atoms with E-state index in [4.69, 9.17) is 9.47 Å². The zero-order chi connectivity index (χ0) is 11.2. The molecular formula is C11H17NO3S. The predicted molar refractivity (Wildman–Crippen MR) is 62.5 cm³/mol. The molecule has 0 saturated carbocycles. The minimum Gasteiger partial charge on any atom is -0.387 e. The van der Waals surface area contributed by atoms with Crippen molar-refractivity contribution in [2.24, 2.45) is 0 Å². The highest BCUT2D eigenvalue weighted by molar-refractivity contribution is 7.07. The van der Waals surface area contributed by atoms with Crippen LogP contribution >= 0.6 is 11.3 Å². The van der Waals surface area contributed by atoms with Crippen LogP contribution in [0.15, 0.2) is 16.8 Å². The van der Waals surface area contributed by atoms with Crippen LogP contribution in [0, 0.1) is 0 Å². The maximum Gasteiger partial charge on any atom is 0.147 e. The summed E-state index contributed by atoms with van der Waals surface area (Å²) in [5.74, 6) is 0. The number of thiophene rings is 1. The Morgan fingerprint density at radius 1 is 1.62 bits per heavy atom. The van der Waals surface area contributed by atoms with Gasteiger partial charge in [0.15, 0.2) is 0 Å². The SMILES string of the molecule is OC(CNCC1CCOCO1)c1ccsc1. The van der Waals surface area contributed by atoms with E-state index in [-0.39, 0.29) is 6.10 Å². The molecule has 1 aliphatic rings. The van der Waals surface area contributed by atoms with Gasteiger partial charge in [0.2, 0.25) is 0 Å². The highest BCUT2D eigenvalue weighted by Gasteiger charge is 2.14. The molecular weight excluding hydrogens is 226 g/mol. The normalized spacial score (nSPS) is 23.2. The van der Waals surface area contributed by atoms with Crippen molar-refractivity contribution in [3.8, 4) is 0 Å². The van der Waals surface area contributed by atoms with E-state index in [1.54, 1.807) is 11.3 Å². The number of rotatable bonds is 5. The van der Waals surface area contributed by atoms with Crippen LogP contribution < -0.4 is 5.32 Å². The predicted octanol–water partition coefficient (Wildman–Crippen LogP) is 1.13.